The molecule has 0 aromatic heterocycles. The van der Waals surface area contributed by atoms with E-state index in [9.17, 15) is 9.90 Å². The van der Waals surface area contributed by atoms with Gasteiger partial charge in [-0.25, -0.2) is 9.90 Å². The van der Waals surface area contributed by atoms with Crippen LogP contribution in [0, 0.1) is 0 Å². The molecule has 0 aliphatic carbocycles. The third-order valence-corrected chi connectivity index (χ3v) is 0.833. The van der Waals surface area contributed by atoms with E-state index in [-0.39, 0.29) is 3.92 Å². The molecule has 0 fully saturated rings. The normalized spacial score (nSPS) is 13.7. The first kappa shape index (κ1) is 6.20. The molecule has 0 rings (SSSR count). The summed E-state index contributed by atoms with van der Waals surface area (Å²) in [6.45, 7) is 1.57. The van der Waals surface area contributed by atoms with Gasteiger partial charge in [0.15, 0.2) is 0 Å². The van der Waals surface area contributed by atoms with Gasteiger partial charge in [-0.15, -0.1) is 0 Å². The lowest BCUT2D eigenvalue weighted by molar-refractivity contribution is -0.141. The predicted octanol–water partition coefficient (Wildman–Crippen LogP) is 0.767. The largest absolute Gasteiger partial charge is 0.367 e. The van der Waals surface area contributed by atoms with Gasteiger partial charge in [0.2, 0.25) is 0 Å². The lowest BCUT2D eigenvalue weighted by atomic mass is 10.5. The van der Waals surface area contributed by atoms with Crippen LogP contribution in [0.5, 0.6) is 0 Å². The van der Waals surface area contributed by atoms with Crippen LogP contribution in [0.3, 0.4) is 0 Å². The summed E-state index contributed by atoms with van der Waals surface area (Å²) in [5.41, 5.74) is 0. The second-order valence-corrected chi connectivity index (χ2v) is 2.80. The minimum atomic E-state index is -1.00. The smallest absolute Gasteiger partial charge is 0.246 e. The second kappa shape index (κ2) is 2.39. The molecule has 2 nitrogen and oxygen atoms in total. The van der Waals surface area contributed by atoms with Crippen LogP contribution >= 0.6 is 22.6 Å². The molecule has 0 aliphatic rings. The average Bonchev–Trinajstić information content (AvgIpc) is 1.36. The van der Waals surface area contributed by atoms with Crippen molar-refractivity contribution in [3.63, 3.8) is 0 Å². The fraction of sp³-hybridized carbons (Fsp3) is 0.667. The molecule has 3 heteroatoms. The number of carbonyl (C=O) groups excluding carboxylic acids is 1. The summed E-state index contributed by atoms with van der Waals surface area (Å²) in [7, 11) is 0. The Morgan fingerprint density at radius 3 is 2.00 bits per heavy atom. The van der Waals surface area contributed by atoms with Crippen LogP contribution < -0.4 is 0 Å². The van der Waals surface area contributed by atoms with E-state index in [1.165, 1.54) is 0 Å². The van der Waals surface area contributed by atoms with Gasteiger partial charge in [0.05, 0.1) is 0 Å². The highest BCUT2D eigenvalue weighted by molar-refractivity contribution is 14.1. The van der Waals surface area contributed by atoms with Crippen molar-refractivity contribution in [2.24, 2.45) is 0 Å². The van der Waals surface area contributed by atoms with Crippen molar-refractivity contribution in [2.45, 2.75) is 10.8 Å². The quantitative estimate of drug-likeness (QED) is 0.453. The Morgan fingerprint density at radius 1 is 1.83 bits per heavy atom. The van der Waals surface area contributed by atoms with E-state index in [2.05, 4.69) is 0 Å². The molecule has 1 unspecified atom stereocenters. The van der Waals surface area contributed by atoms with Crippen LogP contribution in [-0.2, 0) is 9.90 Å². The van der Waals surface area contributed by atoms with E-state index >= 15 is 0 Å². The molecule has 0 aliphatic heterocycles. The van der Waals surface area contributed by atoms with E-state index in [0.717, 1.165) is 0 Å². The molecule has 0 N–H and O–H groups in total. The molecule has 35 valence electrons. The molecule has 0 aromatic rings. The number of halogens is 1. The maximum absolute atomic E-state index is 9.58. The third kappa shape index (κ3) is 2.44. The van der Waals surface area contributed by atoms with Gasteiger partial charge in [-0.05, 0) is 6.92 Å². The summed E-state index contributed by atoms with van der Waals surface area (Å²) in [5, 5.41) is 9.58. The summed E-state index contributed by atoms with van der Waals surface area (Å²) < 4.78 is -0.373. The molecular formula is C3H4IO2. The van der Waals surface area contributed by atoms with Crippen molar-refractivity contribution >= 4 is 28.6 Å². The Morgan fingerprint density at radius 2 is 2.00 bits per heavy atom. The maximum atomic E-state index is 9.58. The van der Waals surface area contributed by atoms with Gasteiger partial charge in [-0.3, -0.25) is 0 Å². The average molecular weight is 199 g/mol. The van der Waals surface area contributed by atoms with Gasteiger partial charge in [-0.2, -0.15) is 0 Å². The summed E-state index contributed by atoms with van der Waals surface area (Å²) >= 11 is 1.77. The van der Waals surface area contributed by atoms with Crippen molar-refractivity contribution in [3.05, 3.63) is 0 Å². The molecule has 1 atom stereocenters. The summed E-state index contributed by atoms with van der Waals surface area (Å²) in [6, 6.07) is 0. The van der Waals surface area contributed by atoms with Crippen molar-refractivity contribution in [3.8, 4) is 0 Å². The molecule has 1 radical (unpaired) electrons. The van der Waals surface area contributed by atoms with Crippen molar-refractivity contribution in [1.82, 2.24) is 0 Å². The summed E-state index contributed by atoms with van der Waals surface area (Å²) in [6.07, 6.45) is 0. The molecule has 6 heavy (non-hydrogen) atoms. The van der Waals surface area contributed by atoms with Crippen LogP contribution in [0.15, 0.2) is 0 Å². The van der Waals surface area contributed by atoms with Crippen LogP contribution in [0.4, 0.5) is 0 Å². The van der Waals surface area contributed by atoms with Crippen molar-refractivity contribution < 1.29 is 9.90 Å². The SMILES string of the molecule is CC(I)C([O])=O. The first-order valence-corrected chi connectivity index (χ1v) is 2.74. The predicted molar refractivity (Wildman–Crippen MR) is 29.2 cm³/mol. The van der Waals surface area contributed by atoms with Gasteiger partial charge in [0, 0.05) is 0 Å². The maximum Gasteiger partial charge on any atom is 0.367 e. The van der Waals surface area contributed by atoms with Crippen LogP contribution in [0.25, 0.3) is 0 Å². The minimum absolute atomic E-state index is 0.373. The highest BCUT2D eigenvalue weighted by Gasteiger charge is 2.05. The number of carbonyl (C=O) groups is 1. The molecule has 0 amide bonds. The standard InChI is InChI=1S/C3H4IO2/c1-2(4)3(5)6/h2H,1H3. The second-order valence-electron chi connectivity index (χ2n) is 0.935. The van der Waals surface area contributed by atoms with E-state index in [0.29, 0.717) is 0 Å². The monoisotopic (exact) mass is 199 g/mol. The number of hydrogen-bond acceptors (Lipinski definition) is 1. The first-order valence-electron chi connectivity index (χ1n) is 1.49. The van der Waals surface area contributed by atoms with E-state index in [4.69, 9.17) is 0 Å². The summed E-state index contributed by atoms with van der Waals surface area (Å²) in [4.78, 5) is 9.58. The van der Waals surface area contributed by atoms with Gasteiger partial charge in [0.25, 0.3) is 0 Å². The van der Waals surface area contributed by atoms with Crippen LogP contribution in [-0.4, -0.2) is 9.89 Å². The Labute approximate surface area is 49.7 Å². The highest BCUT2D eigenvalue weighted by atomic mass is 127. The molecule has 0 spiro atoms. The van der Waals surface area contributed by atoms with Gasteiger partial charge < -0.3 is 0 Å². The lowest BCUT2D eigenvalue weighted by Crippen LogP contribution is -2.04. The van der Waals surface area contributed by atoms with Gasteiger partial charge in [0.1, 0.15) is 3.92 Å². The first-order chi connectivity index (χ1) is 2.64. The van der Waals surface area contributed by atoms with E-state index < -0.39 is 5.97 Å². The Balaban J connectivity index is 3.26. The fourth-order valence-electron chi connectivity index (χ4n) is 0. The number of alkyl halides is 1. The van der Waals surface area contributed by atoms with Gasteiger partial charge >= 0.3 is 5.97 Å². The van der Waals surface area contributed by atoms with Crippen LogP contribution in [0.1, 0.15) is 6.92 Å². The number of rotatable bonds is 1. The third-order valence-electron chi connectivity index (χ3n) is 0.325. The zero-order valence-electron chi connectivity index (χ0n) is 3.27. The van der Waals surface area contributed by atoms with Crippen LogP contribution in [0.2, 0.25) is 0 Å². The zero-order chi connectivity index (χ0) is 5.15. The zero-order valence-corrected chi connectivity index (χ0v) is 5.43. The van der Waals surface area contributed by atoms with Crippen molar-refractivity contribution in [1.29, 1.82) is 0 Å². The molecule has 0 aromatic carbocycles. The fourth-order valence-corrected chi connectivity index (χ4v) is 0. The molecule has 0 saturated heterocycles. The minimum Gasteiger partial charge on any atom is -0.246 e. The molecule has 0 bridgehead atoms. The van der Waals surface area contributed by atoms with E-state index in [1.54, 1.807) is 29.5 Å². The number of hydrogen-bond donors (Lipinski definition) is 0. The summed E-state index contributed by atoms with van der Waals surface area (Å²) in [5.74, 6) is -1.00. The molecule has 0 saturated carbocycles. The molecule has 0 heterocycles. The van der Waals surface area contributed by atoms with Crippen molar-refractivity contribution in [2.75, 3.05) is 0 Å². The lowest BCUT2D eigenvalue weighted by Gasteiger charge is -1.82. The Hall–Kier alpha value is 0.200. The molecular weight excluding hydrogens is 195 g/mol. The Bertz CT molecular complexity index is 59.8. The topological polar surface area (TPSA) is 37.0 Å². The van der Waals surface area contributed by atoms with E-state index in [1.807, 2.05) is 0 Å². The van der Waals surface area contributed by atoms with Gasteiger partial charge in [-0.1, -0.05) is 22.6 Å². The Kier molecular flexibility index (Phi) is 2.47. The highest BCUT2D eigenvalue weighted by Crippen LogP contribution is 1.95.